The molecule has 5 aromatic heterocycles. The van der Waals surface area contributed by atoms with Crippen LogP contribution in [-0.2, 0) is 21.7 Å². The normalized spacial score (nSPS) is 22.1. The maximum atomic E-state index is 5.81. The van der Waals surface area contributed by atoms with Crippen LogP contribution in [0.3, 0.4) is 0 Å². The van der Waals surface area contributed by atoms with Gasteiger partial charge in [-0.05, 0) is 111 Å². The predicted molar refractivity (Wildman–Crippen MR) is 264 cm³/mol. The van der Waals surface area contributed by atoms with Gasteiger partial charge in [0.2, 0.25) is 0 Å². The van der Waals surface area contributed by atoms with Gasteiger partial charge in [0.1, 0.15) is 0 Å². The summed E-state index contributed by atoms with van der Waals surface area (Å²) in [5, 5.41) is 5.69. The fourth-order valence-corrected chi connectivity index (χ4v) is 15.7. The van der Waals surface area contributed by atoms with Crippen molar-refractivity contribution in [1.82, 2.24) is 29.3 Å². The standard InChI is InChI=1S/C59H62N6/c1-7-19-39(20-8-1)53-62-54(40-21-9-2-10-22-40)64-55(63-53)41-35-42-46-44(37-60-51-48(46)56(23-11-3-12-24-56)31-33-58(51)27-15-5-16-28-58)65-45-38-61-52-49(47(45)43(36-41)50(42)65)57(25-13-4-14-26-57)32-34-59(52)29-17-6-18-30-59/h1-2,7-10,19-22,35-38H,3-6,11-18,23-34H2. The maximum Gasteiger partial charge on any atom is 0.164 e. The van der Waals surface area contributed by atoms with E-state index >= 15 is 0 Å². The number of pyridine rings is 2. The average Bonchev–Trinajstić information content (AvgIpc) is 3.90. The van der Waals surface area contributed by atoms with E-state index in [0.29, 0.717) is 0 Å². The molecule has 5 heterocycles. The van der Waals surface area contributed by atoms with Crippen LogP contribution in [-0.4, -0.2) is 29.3 Å². The van der Waals surface area contributed by atoms with Gasteiger partial charge in [0, 0.05) is 49.1 Å². The molecule has 0 saturated heterocycles. The minimum Gasteiger partial charge on any atom is -0.305 e. The molecule has 0 atom stereocenters. The molecule has 4 saturated carbocycles. The minimum absolute atomic E-state index is 0.168. The molecule has 8 aromatic rings. The summed E-state index contributed by atoms with van der Waals surface area (Å²) in [6, 6.07) is 26.1. The van der Waals surface area contributed by atoms with Gasteiger partial charge < -0.3 is 4.40 Å². The fraction of sp³-hybridized carbons (Fsp3) is 0.475. The highest BCUT2D eigenvalue weighted by Gasteiger charge is 2.52. The van der Waals surface area contributed by atoms with Gasteiger partial charge in [0.25, 0.3) is 0 Å². The van der Waals surface area contributed by atoms with E-state index in [4.69, 9.17) is 24.9 Å². The van der Waals surface area contributed by atoms with Gasteiger partial charge in [-0.1, -0.05) is 138 Å². The molecule has 0 bridgehead atoms. The summed E-state index contributed by atoms with van der Waals surface area (Å²) < 4.78 is 2.68. The lowest BCUT2D eigenvalue weighted by Crippen LogP contribution is -2.43. The first-order chi connectivity index (χ1) is 32.1. The van der Waals surface area contributed by atoms with Crippen LogP contribution in [0, 0.1) is 0 Å². The Bertz CT molecular complexity index is 2920. The molecule has 14 rings (SSSR count). The molecule has 6 aliphatic rings. The SMILES string of the molecule is c1ccc(-c2nc(-c3ccccc3)nc(-c3cc4c5c6c(ncc5n5c7cnc8c(c7c(c3)c45)C3(CCCCC3)CCC83CCCCC3)C3(CCCCC3)CCC63CCCCC3)n2)cc1. The third-order valence-electron chi connectivity index (χ3n) is 18.9. The van der Waals surface area contributed by atoms with Gasteiger partial charge in [-0.2, -0.15) is 0 Å². The summed E-state index contributed by atoms with van der Waals surface area (Å²) in [5.74, 6) is 2.19. The highest BCUT2D eigenvalue weighted by Crippen LogP contribution is 2.62. The zero-order chi connectivity index (χ0) is 42.8. The molecule has 0 aliphatic heterocycles. The third-order valence-corrected chi connectivity index (χ3v) is 18.9. The number of aromatic nitrogens is 6. The van der Waals surface area contributed by atoms with E-state index in [2.05, 4.69) is 89.6 Å². The highest BCUT2D eigenvalue weighted by atomic mass is 15.0. The van der Waals surface area contributed by atoms with Crippen LogP contribution in [0.15, 0.2) is 85.2 Å². The second-order valence-electron chi connectivity index (χ2n) is 22.1. The van der Waals surface area contributed by atoms with Crippen molar-refractivity contribution in [3.05, 3.63) is 108 Å². The molecule has 0 unspecified atom stereocenters. The summed E-state index contributed by atoms with van der Waals surface area (Å²) in [4.78, 5) is 27.7. The van der Waals surface area contributed by atoms with E-state index in [1.165, 1.54) is 204 Å². The Morgan fingerprint density at radius 3 is 1.12 bits per heavy atom. The van der Waals surface area contributed by atoms with Crippen molar-refractivity contribution >= 4 is 38.1 Å². The molecule has 0 radical (unpaired) electrons. The minimum atomic E-state index is 0.168. The second-order valence-corrected chi connectivity index (χ2v) is 22.1. The topological polar surface area (TPSA) is 68.9 Å². The van der Waals surface area contributed by atoms with E-state index in [-0.39, 0.29) is 21.7 Å². The van der Waals surface area contributed by atoms with Crippen molar-refractivity contribution in [1.29, 1.82) is 0 Å². The smallest absolute Gasteiger partial charge is 0.164 e. The summed E-state index contributed by atoms with van der Waals surface area (Å²) in [6.45, 7) is 0. The first-order valence-electron chi connectivity index (χ1n) is 26.0. The van der Waals surface area contributed by atoms with Crippen molar-refractivity contribution in [2.45, 2.75) is 176 Å². The molecule has 0 N–H and O–H groups in total. The molecule has 328 valence electrons. The van der Waals surface area contributed by atoms with Gasteiger partial charge in [-0.25, -0.2) is 15.0 Å². The molecule has 6 nitrogen and oxygen atoms in total. The fourth-order valence-electron chi connectivity index (χ4n) is 15.7. The first-order valence-corrected chi connectivity index (χ1v) is 26.0. The average molecular weight is 855 g/mol. The zero-order valence-corrected chi connectivity index (χ0v) is 38.2. The number of fused-ring (bicyclic) bond motifs is 14. The van der Waals surface area contributed by atoms with Crippen LogP contribution in [0.2, 0.25) is 0 Å². The van der Waals surface area contributed by atoms with E-state index in [1.807, 2.05) is 0 Å². The lowest BCUT2D eigenvalue weighted by Gasteiger charge is -2.51. The van der Waals surface area contributed by atoms with E-state index < -0.39 is 0 Å². The Balaban J connectivity index is 1.14. The van der Waals surface area contributed by atoms with Gasteiger partial charge in [0.15, 0.2) is 17.5 Å². The van der Waals surface area contributed by atoms with Crippen LogP contribution >= 0.6 is 0 Å². The Morgan fingerprint density at radius 1 is 0.369 bits per heavy atom. The van der Waals surface area contributed by atoms with Crippen molar-refractivity contribution in [2.24, 2.45) is 0 Å². The first kappa shape index (κ1) is 39.0. The number of rotatable bonds is 3. The van der Waals surface area contributed by atoms with E-state index in [0.717, 1.165) is 34.2 Å². The quantitative estimate of drug-likeness (QED) is 0.177. The molecule has 0 amide bonds. The maximum absolute atomic E-state index is 5.81. The van der Waals surface area contributed by atoms with Gasteiger partial charge in [-0.3, -0.25) is 9.97 Å². The monoisotopic (exact) mass is 855 g/mol. The molecule has 6 aliphatic carbocycles. The summed E-state index contributed by atoms with van der Waals surface area (Å²) in [6.07, 6.45) is 36.1. The van der Waals surface area contributed by atoms with Crippen LogP contribution in [0.5, 0.6) is 0 Å². The Labute approximate surface area is 383 Å². The Morgan fingerprint density at radius 2 is 0.723 bits per heavy atom. The van der Waals surface area contributed by atoms with Gasteiger partial charge >= 0.3 is 0 Å². The van der Waals surface area contributed by atoms with E-state index in [1.54, 1.807) is 11.1 Å². The third kappa shape index (κ3) is 5.67. The van der Waals surface area contributed by atoms with Crippen LogP contribution < -0.4 is 0 Å². The van der Waals surface area contributed by atoms with Crippen LogP contribution in [0.25, 0.3) is 72.3 Å². The number of benzene rings is 3. The summed E-state index contributed by atoms with van der Waals surface area (Å²) >= 11 is 0. The molecule has 4 spiro atoms. The molecule has 65 heavy (non-hydrogen) atoms. The summed E-state index contributed by atoms with van der Waals surface area (Å²) in [7, 11) is 0. The highest BCUT2D eigenvalue weighted by molar-refractivity contribution is 6.26. The van der Waals surface area contributed by atoms with Crippen molar-refractivity contribution in [3.63, 3.8) is 0 Å². The number of hydrogen-bond acceptors (Lipinski definition) is 5. The van der Waals surface area contributed by atoms with Crippen LogP contribution in [0.4, 0.5) is 0 Å². The second kappa shape index (κ2) is 14.6. The molecular formula is C59H62N6. The number of hydrogen-bond donors (Lipinski definition) is 0. The summed E-state index contributed by atoms with van der Waals surface area (Å²) in [5.41, 5.74) is 14.0. The predicted octanol–water partition coefficient (Wildman–Crippen LogP) is 15.2. The largest absolute Gasteiger partial charge is 0.305 e. The van der Waals surface area contributed by atoms with E-state index in [9.17, 15) is 0 Å². The molecule has 3 aromatic carbocycles. The lowest BCUT2D eigenvalue weighted by molar-refractivity contribution is 0.172. The Hall–Kier alpha value is -5.23. The van der Waals surface area contributed by atoms with Crippen molar-refractivity contribution < 1.29 is 0 Å². The molecule has 6 heteroatoms. The van der Waals surface area contributed by atoms with Crippen molar-refractivity contribution in [2.75, 3.05) is 0 Å². The van der Waals surface area contributed by atoms with Crippen LogP contribution in [0.1, 0.15) is 177 Å². The molecular weight excluding hydrogens is 793 g/mol. The lowest BCUT2D eigenvalue weighted by atomic mass is 9.54. The molecule has 4 fully saturated rings. The zero-order valence-electron chi connectivity index (χ0n) is 38.2. The van der Waals surface area contributed by atoms with Gasteiger partial charge in [-0.15, -0.1) is 0 Å². The number of nitrogens with zero attached hydrogens (tertiary/aromatic N) is 6. The van der Waals surface area contributed by atoms with Crippen molar-refractivity contribution in [3.8, 4) is 34.2 Å². The van der Waals surface area contributed by atoms with Gasteiger partial charge in [0.05, 0.1) is 40.3 Å². The Kier molecular flexibility index (Phi) is 8.78.